The first-order chi connectivity index (χ1) is 13.7. The monoisotopic (exact) mass is 420 g/mol. The van der Waals surface area contributed by atoms with Gasteiger partial charge in [0.1, 0.15) is 23.1 Å². The Labute approximate surface area is 175 Å². The van der Waals surface area contributed by atoms with Crippen molar-refractivity contribution < 1.29 is 15.0 Å². The molecular weight excluding hydrogens is 396 g/mol. The van der Waals surface area contributed by atoms with Gasteiger partial charge in [-0.2, -0.15) is 10.5 Å². The van der Waals surface area contributed by atoms with Crippen molar-refractivity contribution in [3.8, 4) is 12.1 Å². The smallest absolute Gasteiger partial charge is 0.404 e. The number of rotatable bonds is 7. The summed E-state index contributed by atoms with van der Waals surface area (Å²) in [4.78, 5) is 18.9. The average Bonchev–Trinajstić information content (AvgIpc) is 2.70. The van der Waals surface area contributed by atoms with Gasteiger partial charge < -0.3 is 25.3 Å². The molecule has 3 N–H and O–H groups in total. The van der Waals surface area contributed by atoms with Crippen LogP contribution in [-0.2, 0) is 6.42 Å². The minimum absolute atomic E-state index is 0.0229. The number of pyridine rings is 1. The Hall–Kier alpha value is -2.59. The number of anilines is 1. The standard InChI is InChI=1S/C19H25ClN6O3/c1-3-13-14(10-21)16(20)24-17(15(13)11-22)25(2)8-9-26-6-4-19(29,5-7-26)12-23-18(27)28/h23,29H,3-9,12H2,1-2H3,(H,27,28). The van der Waals surface area contributed by atoms with Crippen LogP contribution in [0.25, 0.3) is 0 Å². The van der Waals surface area contributed by atoms with Crippen molar-refractivity contribution in [1.82, 2.24) is 15.2 Å². The Kier molecular flexibility index (Phi) is 7.63. The van der Waals surface area contributed by atoms with Crippen LogP contribution in [0, 0.1) is 22.7 Å². The molecule has 9 nitrogen and oxygen atoms in total. The van der Waals surface area contributed by atoms with E-state index in [1.54, 1.807) is 0 Å². The molecule has 156 valence electrons. The number of aliphatic hydroxyl groups is 1. The molecule has 0 unspecified atom stereocenters. The predicted octanol–water partition coefficient (Wildman–Crippen LogP) is 1.57. The second-order valence-electron chi connectivity index (χ2n) is 7.18. The third-order valence-electron chi connectivity index (χ3n) is 5.28. The molecule has 1 aromatic rings. The molecule has 2 heterocycles. The van der Waals surface area contributed by atoms with Crippen LogP contribution in [0.2, 0.25) is 5.15 Å². The van der Waals surface area contributed by atoms with E-state index in [9.17, 15) is 20.4 Å². The first kappa shape index (κ1) is 22.7. The Morgan fingerprint density at radius 3 is 2.48 bits per heavy atom. The molecular formula is C19H25ClN6O3. The quantitative estimate of drug-likeness (QED) is 0.565. The number of hydrogen-bond donors (Lipinski definition) is 3. The molecule has 1 fully saturated rings. The van der Waals surface area contributed by atoms with E-state index in [2.05, 4.69) is 21.3 Å². The molecule has 0 radical (unpaired) electrons. The normalized spacial score (nSPS) is 15.9. The lowest BCUT2D eigenvalue weighted by Gasteiger charge is -2.38. The number of halogens is 1. The van der Waals surface area contributed by atoms with Crippen LogP contribution in [0.3, 0.4) is 0 Å². The van der Waals surface area contributed by atoms with Crippen molar-refractivity contribution in [3.63, 3.8) is 0 Å². The third-order valence-corrected chi connectivity index (χ3v) is 5.56. The van der Waals surface area contributed by atoms with Crippen molar-refractivity contribution in [3.05, 3.63) is 21.8 Å². The summed E-state index contributed by atoms with van der Waals surface area (Å²) in [5, 5.41) is 40.4. The summed E-state index contributed by atoms with van der Waals surface area (Å²) in [6, 6.07) is 4.18. The fourth-order valence-corrected chi connectivity index (χ4v) is 3.69. The molecule has 0 spiro atoms. The number of nitrogens with zero attached hydrogens (tertiary/aromatic N) is 5. The van der Waals surface area contributed by atoms with Gasteiger partial charge in [0.25, 0.3) is 0 Å². The van der Waals surface area contributed by atoms with E-state index in [4.69, 9.17) is 16.7 Å². The Morgan fingerprint density at radius 1 is 1.34 bits per heavy atom. The average molecular weight is 421 g/mol. The zero-order chi connectivity index (χ0) is 21.6. The summed E-state index contributed by atoms with van der Waals surface area (Å²) < 4.78 is 0. The molecule has 1 saturated heterocycles. The highest BCUT2D eigenvalue weighted by molar-refractivity contribution is 6.30. The van der Waals surface area contributed by atoms with E-state index in [0.717, 1.165) is 0 Å². The summed E-state index contributed by atoms with van der Waals surface area (Å²) >= 11 is 6.16. The van der Waals surface area contributed by atoms with E-state index in [0.29, 0.717) is 62.4 Å². The molecule has 1 aliphatic rings. The zero-order valence-corrected chi connectivity index (χ0v) is 17.3. The predicted molar refractivity (Wildman–Crippen MR) is 108 cm³/mol. The van der Waals surface area contributed by atoms with Gasteiger partial charge in [0.15, 0.2) is 0 Å². The minimum Gasteiger partial charge on any atom is -0.465 e. The van der Waals surface area contributed by atoms with E-state index in [-0.39, 0.29) is 17.3 Å². The van der Waals surface area contributed by atoms with Crippen LogP contribution < -0.4 is 10.2 Å². The molecule has 0 saturated carbocycles. The molecule has 0 aliphatic carbocycles. The van der Waals surface area contributed by atoms with E-state index in [1.807, 2.05) is 24.9 Å². The van der Waals surface area contributed by atoms with E-state index in [1.165, 1.54) is 0 Å². The van der Waals surface area contributed by atoms with Gasteiger partial charge in [-0.3, -0.25) is 0 Å². The lowest BCUT2D eigenvalue weighted by molar-refractivity contribution is -0.0183. The number of amides is 1. The molecule has 0 aromatic carbocycles. The summed E-state index contributed by atoms with van der Waals surface area (Å²) in [6.07, 6.45) is 0.308. The van der Waals surface area contributed by atoms with E-state index >= 15 is 0 Å². The number of hydrogen-bond acceptors (Lipinski definition) is 7. The van der Waals surface area contributed by atoms with Gasteiger partial charge >= 0.3 is 6.09 Å². The molecule has 10 heteroatoms. The lowest BCUT2D eigenvalue weighted by atomic mass is 9.91. The summed E-state index contributed by atoms with van der Waals surface area (Å²) in [5.41, 5.74) is 0.190. The van der Waals surface area contributed by atoms with Gasteiger partial charge in [0.05, 0.1) is 16.7 Å². The summed E-state index contributed by atoms with van der Waals surface area (Å²) in [7, 11) is 1.82. The highest BCUT2D eigenvalue weighted by Crippen LogP contribution is 2.29. The number of likely N-dealkylation sites (tertiary alicyclic amines) is 1. The van der Waals surface area contributed by atoms with Gasteiger partial charge in [-0.25, -0.2) is 9.78 Å². The number of aromatic nitrogens is 1. The molecule has 1 aliphatic heterocycles. The highest BCUT2D eigenvalue weighted by atomic mass is 35.5. The van der Waals surface area contributed by atoms with Crippen LogP contribution in [0.1, 0.15) is 36.5 Å². The maximum atomic E-state index is 10.6. The number of likely N-dealkylation sites (N-methyl/N-ethyl adjacent to an activating group) is 1. The number of carboxylic acid groups (broad SMARTS) is 1. The van der Waals surface area contributed by atoms with Crippen molar-refractivity contribution >= 4 is 23.5 Å². The van der Waals surface area contributed by atoms with Gasteiger partial charge in [-0.05, 0) is 24.8 Å². The Morgan fingerprint density at radius 2 is 1.97 bits per heavy atom. The number of carbonyl (C=O) groups is 1. The first-order valence-electron chi connectivity index (χ1n) is 9.40. The molecule has 2 rings (SSSR count). The number of nitrogens with one attached hydrogen (secondary N) is 1. The van der Waals surface area contributed by atoms with Crippen LogP contribution in [0.15, 0.2) is 0 Å². The summed E-state index contributed by atoms with van der Waals surface area (Å²) in [6.45, 7) is 4.43. The van der Waals surface area contributed by atoms with Crippen LogP contribution >= 0.6 is 11.6 Å². The molecule has 29 heavy (non-hydrogen) atoms. The first-order valence-corrected chi connectivity index (χ1v) is 9.77. The summed E-state index contributed by atoms with van der Waals surface area (Å²) in [5.74, 6) is 0.451. The molecule has 1 aromatic heterocycles. The van der Waals surface area contributed by atoms with Crippen molar-refractivity contribution in [2.45, 2.75) is 31.8 Å². The topological polar surface area (TPSA) is 137 Å². The third kappa shape index (κ3) is 5.48. The minimum atomic E-state index is -1.14. The molecule has 0 atom stereocenters. The van der Waals surface area contributed by atoms with Gasteiger partial charge in [0.2, 0.25) is 0 Å². The maximum absolute atomic E-state index is 10.6. The Bertz CT molecular complexity index is 840. The van der Waals surface area contributed by atoms with Crippen molar-refractivity contribution in [2.24, 2.45) is 0 Å². The van der Waals surface area contributed by atoms with E-state index < -0.39 is 11.7 Å². The Balaban J connectivity index is 2.01. The molecule has 1 amide bonds. The SMILES string of the molecule is CCc1c(C#N)c(Cl)nc(N(C)CCN2CCC(O)(CNC(=O)O)CC2)c1C#N. The highest BCUT2D eigenvalue weighted by Gasteiger charge is 2.32. The molecule has 0 bridgehead atoms. The second kappa shape index (κ2) is 9.75. The fourth-order valence-electron chi connectivity index (χ4n) is 3.46. The number of piperidine rings is 1. The van der Waals surface area contributed by atoms with Crippen LogP contribution in [0.5, 0.6) is 0 Å². The zero-order valence-electron chi connectivity index (χ0n) is 16.6. The van der Waals surface area contributed by atoms with Gasteiger partial charge in [-0.15, -0.1) is 0 Å². The lowest BCUT2D eigenvalue weighted by Crippen LogP contribution is -2.51. The largest absolute Gasteiger partial charge is 0.465 e. The van der Waals surface area contributed by atoms with Crippen LogP contribution in [-0.4, -0.2) is 71.6 Å². The van der Waals surface area contributed by atoms with Gasteiger partial charge in [0, 0.05) is 39.8 Å². The van der Waals surface area contributed by atoms with Gasteiger partial charge in [-0.1, -0.05) is 18.5 Å². The maximum Gasteiger partial charge on any atom is 0.404 e. The second-order valence-corrected chi connectivity index (χ2v) is 7.54. The van der Waals surface area contributed by atoms with Crippen molar-refractivity contribution in [2.75, 3.05) is 44.7 Å². The fraction of sp³-hybridized carbons (Fsp3) is 0.579. The number of nitriles is 2. The van der Waals surface area contributed by atoms with Crippen molar-refractivity contribution in [1.29, 1.82) is 10.5 Å². The van der Waals surface area contributed by atoms with Crippen LogP contribution in [0.4, 0.5) is 10.6 Å².